The highest BCUT2D eigenvalue weighted by atomic mass is 19.4. The van der Waals surface area contributed by atoms with E-state index in [9.17, 15) is 27.5 Å². The van der Waals surface area contributed by atoms with Crippen molar-refractivity contribution in [3.63, 3.8) is 0 Å². The average Bonchev–Trinajstić information content (AvgIpc) is 3.37. The minimum Gasteiger partial charge on any atom is -0.496 e. The molecule has 3 aromatic rings. The molecule has 0 radical (unpaired) electrons. The van der Waals surface area contributed by atoms with Gasteiger partial charge in [0.2, 0.25) is 0 Å². The van der Waals surface area contributed by atoms with Crippen LogP contribution in [0.4, 0.5) is 22.4 Å². The van der Waals surface area contributed by atoms with Crippen molar-refractivity contribution in [2.45, 2.75) is 32.4 Å². The number of carboxylic acid groups (broad SMARTS) is 1. The maximum atomic E-state index is 12.8. The SMILES string of the molecule is COc1cc(OC(F)(F)F)ccc1-c1nc2c(C)cn([C@@H]3CN(C(=O)O)C[C@@H]3OCCF)c2cc1C. The lowest BCUT2D eigenvalue weighted by atomic mass is 10.0. The largest absolute Gasteiger partial charge is 0.573 e. The molecule has 0 saturated carbocycles. The fourth-order valence-electron chi connectivity index (χ4n) is 4.58. The third-order valence-electron chi connectivity index (χ3n) is 6.11. The van der Waals surface area contributed by atoms with Crippen molar-refractivity contribution in [2.24, 2.45) is 0 Å². The summed E-state index contributed by atoms with van der Waals surface area (Å²) in [4.78, 5) is 17.6. The van der Waals surface area contributed by atoms with Gasteiger partial charge in [-0.1, -0.05) is 0 Å². The second kappa shape index (κ2) is 9.84. The van der Waals surface area contributed by atoms with Gasteiger partial charge in [0.1, 0.15) is 18.2 Å². The Hall–Kier alpha value is -3.54. The van der Waals surface area contributed by atoms with E-state index in [1.807, 2.05) is 30.7 Å². The van der Waals surface area contributed by atoms with Crippen molar-refractivity contribution >= 4 is 17.1 Å². The summed E-state index contributed by atoms with van der Waals surface area (Å²) in [5.41, 5.74) is 3.89. The predicted molar refractivity (Wildman–Crippen MR) is 122 cm³/mol. The summed E-state index contributed by atoms with van der Waals surface area (Å²) in [6, 6.07) is 5.29. The zero-order chi connectivity index (χ0) is 26.2. The molecule has 1 aliphatic rings. The molecule has 36 heavy (non-hydrogen) atoms. The highest BCUT2D eigenvalue weighted by Gasteiger charge is 2.38. The van der Waals surface area contributed by atoms with Crippen molar-refractivity contribution < 1.29 is 41.7 Å². The summed E-state index contributed by atoms with van der Waals surface area (Å²) in [7, 11) is 1.34. The standard InChI is InChI=1S/C24H25F4N3O5/c1-13-8-17-22(29-21(13)16-5-4-15(9-19(16)34-3)36-24(26,27)28)14(2)10-31(17)18-11-30(23(32)33)12-20(18)35-7-6-25/h4-5,8-10,18,20H,6-7,11-12H2,1-3H3,(H,32,33)/t18-,20+/m1/s1. The summed E-state index contributed by atoms with van der Waals surface area (Å²) < 4.78 is 67.5. The van der Waals surface area contributed by atoms with Crippen LogP contribution in [0.25, 0.3) is 22.3 Å². The third kappa shape index (κ3) is 5.03. The minimum absolute atomic E-state index is 0.118. The Morgan fingerprint density at radius 1 is 1.19 bits per heavy atom. The molecule has 3 heterocycles. The van der Waals surface area contributed by atoms with Gasteiger partial charge in [-0.2, -0.15) is 0 Å². The van der Waals surface area contributed by atoms with E-state index in [4.69, 9.17) is 14.5 Å². The van der Waals surface area contributed by atoms with Crippen molar-refractivity contribution in [2.75, 3.05) is 33.5 Å². The van der Waals surface area contributed by atoms with Crippen LogP contribution in [-0.4, -0.2) is 71.6 Å². The molecular formula is C24H25F4N3O5. The molecule has 0 spiro atoms. The Balaban J connectivity index is 1.76. The number of carbonyl (C=O) groups is 1. The van der Waals surface area contributed by atoms with Crippen LogP contribution in [0.5, 0.6) is 11.5 Å². The van der Waals surface area contributed by atoms with Crippen LogP contribution in [0.3, 0.4) is 0 Å². The number of methoxy groups -OCH3 is 1. The Labute approximate surface area is 204 Å². The summed E-state index contributed by atoms with van der Waals surface area (Å²) in [6.45, 7) is 3.13. The van der Waals surface area contributed by atoms with E-state index in [2.05, 4.69) is 4.74 Å². The van der Waals surface area contributed by atoms with Crippen molar-refractivity contribution in [3.8, 4) is 22.8 Å². The molecular weight excluding hydrogens is 486 g/mol. The van der Waals surface area contributed by atoms with Crippen LogP contribution in [-0.2, 0) is 4.74 Å². The lowest BCUT2D eigenvalue weighted by Gasteiger charge is -2.21. The van der Waals surface area contributed by atoms with E-state index in [1.54, 1.807) is 0 Å². The topological polar surface area (TPSA) is 86.1 Å². The highest BCUT2D eigenvalue weighted by molar-refractivity contribution is 5.85. The van der Waals surface area contributed by atoms with Gasteiger partial charge in [0, 0.05) is 24.4 Å². The molecule has 0 aliphatic carbocycles. The number of likely N-dealkylation sites (tertiary alicyclic amines) is 1. The lowest BCUT2D eigenvalue weighted by molar-refractivity contribution is -0.274. The zero-order valence-corrected chi connectivity index (χ0v) is 19.8. The van der Waals surface area contributed by atoms with Gasteiger partial charge in [-0.05, 0) is 43.2 Å². The van der Waals surface area contributed by atoms with Gasteiger partial charge in [0.15, 0.2) is 0 Å². The van der Waals surface area contributed by atoms with Crippen molar-refractivity contribution in [1.29, 1.82) is 0 Å². The minimum atomic E-state index is -4.83. The molecule has 12 heteroatoms. The number of halogens is 4. The molecule has 4 rings (SSSR count). The van der Waals surface area contributed by atoms with Gasteiger partial charge in [0.25, 0.3) is 0 Å². The monoisotopic (exact) mass is 511 g/mol. The van der Waals surface area contributed by atoms with Gasteiger partial charge < -0.3 is 28.8 Å². The summed E-state index contributed by atoms with van der Waals surface area (Å²) >= 11 is 0. The van der Waals surface area contributed by atoms with Crippen LogP contribution in [0, 0.1) is 13.8 Å². The number of benzene rings is 1. The molecule has 1 amide bonds. The number of fused-ring (bicyclic) bond motifs is 1. The second-order valence-corrected chi connectivity index (χ2v) is 8.50. The predicted octanol–water partition coefficient (Wildman–Crippen LogP) is 5.12. The number of amides is 1. The first-order chi connectivity index (χ1) is 17.0. The summed E-state index contributed by atoms with van der Waals surface area (Å²) in [5, 5.41) is 9.47. The molecule has 8 nitrogen and oxygen atoms in total. The molecule has 1 aliphatic heterocycles. The fourth-order valence-corrected chi connectivity index (χ4v) is 4.58. The van der Waals surface area contributed by atoms with Crippen molar-refractivity contribution in [1.82, 2.24) is 14.5 Å². The van der Waals surface area contributed by atoms with Gasteiger partial charge in [0.05, 0.1) is 49.1 Å². The molecule has 1 fully saturated rings. The normalized spacial score (nSPS) is 18.1. The first kappa shape index (κ1) is 25.5. The quantitative estimate of drug-likeness (QED) is 0.444. The molecule has 1 saturated heterocycles. The summed E-state index contributed by atoms with van der Waals surface area (Å²) in [5.74, 6) is -0.246. The molecule has 0 unspecified atom stereocenters. The number of pyridine rings is 1. The molecule has 1 N–H and O–H groups in total. The van der Waals surface area contributed by atoms with E-state index >= 15 is 0 Å². The first-order valence-corrected chi connectivity index (χ1v) is 11.1. The average molecular weight is 511 g/mol. The molecule has 0 bridgehead atoms. The fraction of sp³-hybridized carbons (Fsp3) is 0.417. The van der Waals surface area contributed by atoms with E-state index in [0.29, 0.717) is 16.8 Å². The number of alkyl halides is 4. The Kier molecular flexibility index (Phi) is 6.98. The molecule has 2 aromatic heterocycles. The highest BCUT2D eigenvalue weighted by Crippen LogP contribution is 2.38. The van der Waals surface area contributed by atoms with Crippen LogP contribution < -0.4 is 9.47 Å². The Morgan fingerprint density at radius 3 is 2.58 bits per heavy atom. The number of aromatic nitrogens is 2. The van der Waals surface area contributed by atoms with Gasteiger partial charge in [-0.3, -0.25) is 0 Å². The first-order valence-electron chi connectivity index (χ1n) is 11.1. The van der Waals surface area contributed by atoms with Gasteiger partial charge in [-0.15, -0.1) is 13.2 Å². The van der Waals surface area contributed by atoms with Gasteiger partial charge >= 0.3 is 12.5 Å². The number of ether oxygens (including phenoxy) is 3. The number of hydrogen-bond donors (Lipinski definition) is 1. The van der Waals surface area contributed by atoms with Crippen LogP contribution in [0.15, 0.2) is 30.5 Å². The van der Waals surface area contributed by atoms with Crippen LogP contribution in [0.2, 0.25) is 0 Å². The molecule has 2 atom stereocenters. The van der Waals surface area contributed by atoms with Crippen LogP contribution >= 0.6 is 0 Å². The van der Waals surface area contributed by atoms with E-state index in [-0.39, 0.29) is 31.5 Å². The Bertz CT molecular complexity index is 1280. The maximum absolute atomic E-state index is 12.8. The summed E-state index contributed by atoms with van der Waals surface area (Å²) in [6.07, 6.45) is -4.60. The van der Waals surface area contributed by atoms with Crippen molar-refractivity contribution in [3.05, 3.63) is 41.6 Å². The smallest absolute Gasteiger partial charge is 0.496 e. The zero-order valence-electron chi connectivity index (χ0n) is 19.8. The number of nitrogens with zero attached hydrogens (tertiary/aromatic N) is 3. The number of rotatable bonds is 7. The van der Waals surface area contributed by atoms with E-state index < -0.39 is 31.0 Å². The molecule has 1 aromatic carbocycles. The third-order valence-corrected chi connectivity index (χ3v) is 6.11. The Morgan fingerprint density at radius 2 is 1.94 bits per heavy atom. The maximum Gasteiger partial charge on any atom is 0.573 e. The van der Waals surface area contributed by atoms with Crippen LogP contribution in [0.1, 0.15) is 17.2 Å². The van der Waals surface area contributed by atoms with E-state index in [1.165, 1.54) is 24.1 Å². The number of hydrogen-bond acceptors (Lipinski definition) is 5. The molecule has 194 valence electrons. The second-order valence-electron chi connectivity index (χ2n) is 8.50. The lowest BCUT2D eigenvalue weighted by Crippen LogP contribution is -2.28. The van der Waals surface area contributed by atoms with Gasteiger partial charge in [-0.25, -0.2) is 14.2 Å². The number of aryl methyl sites for hydroxylation is 2. The van der Waals surface area contributed by atoms with E-state index in [0.717, 1.165) is 22.7 Å².